The van der Waals surface area contributed by atoms with Crippen LogP contribution < -0.4 is 15.3 Å². The van der Waals surface area contributed by atoms with Gasteiger partial charge < -0.3 is 34.8 Å². The zero-order valence-electron chi connectivity index (χ0n) is 10.8. The largest absolute Gasteiger partial charge is 2.00 e. The summed E-state index contributed by atoms with van der Waals surface area (Å²) in [5.41, 5.74) is 0. The number of carbonyl (C=O) groups excluding carboxylic acids is 3. The normalized spacial score (nSPS) is 10.2. The summed E-state index contributed by atoms with van der Waals surface area (Å²) in [6.45, 7) is -3.00. The molecule has 0 aromatic heterocycles. The molecule has 11 heteroatoms. The van der Waals surface area contributed by atoms with Crippen molar-refractivity contribution in [1.82, 2.24) is 9.80 Å². The van der Waals surface area contributed by atoms with Gasteiger partial charge in [0.1, 0.15) is 0 Å². The van der Waals surface area contributed by atoms with Crippen molar-refractivity contribution in [1.29, 1.82) is 0 Å². The molecule has 0 aliphatic heterocycles. The average Bonchev–Trinajstić information content (AvgIpc) is 2.22. The molecular formula is C10H13MnN2O8-. The van der Waals surface area contributed by atoms with Gasteiger partial charge in [-0.05, 0) is 0 Å². The van der Waals surface area contributed by atoms with Crippen LogP contribution in [0.2, 0.25) is 0 Å². The van der Waals surface area contributed by atoms with Gasteiger partial charge in [0.15, 0.2) is 0 Å². The fourth-order valence-electron chi connectivity index (χ4n) is 1.45. The van der Waals surface area contributed by atoms with E-state index in [0.29, 0.717) is 0 Å². The van der Waals surface area contributed by atoms with Crippen LogP contribution in [0.3, 0.4) is 0 Å². The number of carboxylic acid groups (broad SMARTS) is 4. The first-order chi connectivity index (χ1) is 9.20. The number of carboxylic acids is 4. The molecule has 21 heavy (non-hydrogen) atoms. The predicted octanol–water partition coefficient (Wildman–Crippen LogP) is -6.08. The summed E-state index contributed by atoms with van der Waals surface area (Å²) in [6.07, 6.45) is 0. The Kier molecular flexibility index (Phi) is 11.4. The molecule has 0 rings (SSSR count). The molecule has 0 unspecified atom stereocenters. The molecular weight excluding hydrogens is 331 g/mol. The van der Waals surface area contributed by atoms with Crippen LogP contribution in [0, 0.1) is 0 Å². The van der Waals surface area contributed by atoms with Crippen molar-refractivity contribution in [3.05, 3.63) is 0 Å². The van der Waals surface area contributed by atoms with Crippen molar-refractivity contribution in [2.75, 3.05) is 39.3 Å². The van der Waals surface area contributed by atoms with Crippen molar-refractivity contribution in [3.8, 4) is 0 Å². The Morgan fingerprint density at radius 1 is 0.714 bits per heavy atom. The van der Waals surface area contributed by atoms with E-state index in [-0.39, 0.29) is 30.2 Å². The molecule has 0 spiro atoms. The number of hydrogen-bond donors (Lipinski definition) is 1. The summed E-state index contributed by atoms with van der Waals surface area (Å²) in [4.78, 5) is 43.7. The van der Waals surface area contributed by atoms with E-state index in [1.807, 2.05) is 0 Å². The predicted molar refractivity (Wildman–Crippen MR) is 55.5 cm³/mol. The number of rotatable bonds is 11. The number of aliphatic carboxylic acids is 4. The van der Waals surface area contributed by atoms with Gasteiger partial charge in [-0.1, -0.05) is 0 Å². The third kappa shape index (κ3) is 13.1. The minimum absolute atomic E-state index is 0. The van der Waals surface area contributed by atoms with E-state index >= 15 is 0 Å². The summed E-state index contributed by atoms with van der Waals surface area (Å²) in [5, 5.41) is 39.8. The topological polar surface area (TPSA) is 164 Å². The summed E-state index contributed by atoms with van der Waals surface area (Å²) >= 11 is 0. The first-order valence-corrected chi connectivity index (χ1v) is 5.46. The molecule has 10 nitrogen and oxygen atoms in total. The Morgan fingerprint density at radius 2 is 1.00 bits per heavy atom. The fraction of sp³-hybridized carbons (Fsp3) is 0.600. The molecule has 0 heterocycles. The van der Waals surface area contributed by atoms with Crippen LogP contribution in [0.4, 0.5) is 0 Å². The van der Waals surface area contributed by atoms with Crippen molar-refractivity contribution >= 4 is 23.9 Å². The van der Waals surface area contributed by atoms with E-state index in [1.54, 1.807) is 0 Å². The molecule has 0 saturated carbocycles. The fourth-order valence-corrected chi connectivity index (χ4v) is 1.45. The van der Waals surface area contributed by atoms with Gasteiger partial charge in [0.25, 0.3) is 0 Å². The van der Waals surface area contributed by atoms with Gasteiger partial charge in [0.2, 0.25) is 0 Å². The zero-order valence-corrected chi connectivity index (χ0v) is 12.0. The van der Waals surface area contributed by atoms with E-state index in [9.17, 15) is 34.5 Å². The molecule has 0 bridgehead atoms. The van der Waals surface area contributed by atoms with Gasteiger partial charge in [-0.15, -0.1) is 0 Å². The van der Waals surface area contributed by atoms with Crippen LogP contribution in [-0.4, -0.2) is 78.1 Å². The van der Waals surface area contributed by atoms with E-state index in [0.717, 1.165) is 9.80 Å². The van der Waals surface area contributed by atoms with Gasteiger partial charge in [-0.3, -0.25) is 14.6 Å². The molecule has 0 fully saturated rings. The molecule has 0 aliphatic rings. The third-order valence-electron chi connectivity index (χ3n) is 2.15. The number of carbonyl (C=O) groups is 4. The van der Waals surface area contributed by atoms with Crippen molar-refractivity contribution < 1.29 is 56.7 Å². The van der Waals surface area contributed by atoms with E-state index in [1.165, 1.54) is 0 Å². The SMILES string of the molecule is O=C([O-])CN(CCN(CC(=O)[O-])CC(=O)O)CC(=O)[O-].[Mn+2]. The summed E-state index contributed by atoms with van der Waals surface area (Å²) < 4.78 is 0. The Bertz CT molecular complexity index is 321. The summed E-state index contributed by atoms with van der Waals surface area (Å²) in [6, 6.07) is 0. The van der Waals surface area contributed by atoms with Crippen LogP contribution in [0.15, 0.2) is 0 Å². The molecule has 1 N–H and O–H groups in total. The van der Waals surface area contributed by atoms with Crippen LogP contribution in [0.5, 0.6) is 0 Å². The Balaban J connectivity index is 0. The molecule has 0 atom stereocenters. The van der Waals surface area contributed by atoms with Gasteiger partial charge in [0, 0.05) is 32.7 Å². The minimum atomic E-state index is -1.52. The maximum Gasteiger partial charge on any atom is 2.00 e. The van der Waals surface area contributed by atoms with Crippen molar-refractivity contribution in [3.63, 3.8) is 0 Å². The smallest absolute Gasteiger partial charge is 0.549 e. The Hall–Kier alpha value is -1.68. The first-order valence-electron chi connectivity index (χ1n) is 5.46. The van der Waals surface area contributed by atoms with Gasteiger partial charge >= 0.3 is 23.0 Å². The van der Waals surface area contributed by atoms with E-state index in [4.69, 9.17) is 5.11 Å². The second-order valence-corrected chi connectivity index (χ2v) is 3.93. The Labute approximate surface area is 130 Å². The van der Waals surface area contributed by atoms with Crippen LogP contribution in [-0.2, 0) is 36.2 Å². The number of hydrogen-bond acceptors (Lipinski definition) is 9. The minimum Gasteiger partial charge on any atom is -0.549 e. The van der Waals surface area contributed by atoms with Crippen molar-refractivity contribution in [2.45, 2.75) is 0 Å². The molecule has 0 saturated heterocycles. The van der Waals surface area contributed by atoms with E-state index in [2.05, 4.69) is 0 Å². The van der Waals surface area contributed by atoms with E-state index < -0.39 is 50.1 Å². The summed E-state index contributed by atoms with van der Waals surface area (Å²) in [5.74, 6) is -5.82. The molecule has 0 aliphatic carbocycles. The van der Waals surface area contributed by atoms with Gasteiger partial charge in [-0.25, -0.2) is 0 Å². The molecule has 1 radical (unpaired) electrons. The molecule has 0 aromatic carbocycles. The van der Waals surface area contributed by atoms with Crippen LogP contribution in [0.1, 0.15) is 0 Å². The maximum absolute atomic E-state index is 10.5. The molecule has 0 amide bonds. The van der Waals surface area contributed by atoms with Crippen LogP contribution >= 0.6 is 0 Å². The zero-order chi connectivity index (χ0) is 15.7. The quantitative estimate of drug-likeness (QED) is 0.357. The Morgan fingerprint density at radius 3 is 1.24 bits per heavy atom. The first kappa shape index (κ1) is 21.6. The maximum atomic E-state index is 10.5. The molecule has 119 valence electrons. The third-order valence-corrected chi connectivity index (χ3v) is 2.15. The second-order valence-electron chi connectivity index (χ2n) is 3.93. The molecule has 0 aromatic rings. The van der Waals surface area contributed by atoms with Crippen molar-refractivity contribution in [2.24, 2.45) is 0 Å². The average molecular weight is 344 g/mol. The monoisotopic (exact) mass is 344 g/mol. The number of nitrogens with zero attached hydrogens (tertiary/aromatic N) is 2. The second kappa shape index (κ2) is 11.0. The van der Waals surface area contributed by atoms with Gasteiger partial charge in [-0.2, -0.15) is 0 Å². The summed E-state index contributed by atoms with van der Waals surface area (Å²) in [7, 11) is 0. The standard InChI is InChI=1S/C10H16N2O8.Mn/c13-7(14)3-11(4-8(15)16)1-2-12(5-9(17)18)6-10(19)20;/h1-6H2,(H,13,14)(H,15,16)(H,17,18)(H,19,20);/q;+2/p-3. The van der Waals surface area contributed by atoms with Gasteiger partial charge in [0.05, 0.1) is 24.5 Å². The van der Waals surface area contributed by atoms with Crippen LogP contribution in [0.25, 0.3) is 0 Å².